The van der Waals surface area contributed by atoms with Crippen LogP contribution in [-0.4, -0.2) is 0 Å². The molecule has 0 nitrogen and oxygen atoms in total. The van der Waals surface area contributed by atoms with E-state index < -0.39 is 0 Å². The molecule has 0 heteroatoms. The summed E-state index contributed by atoms with van der Waals surface area (Å²) < 4.78 is 0. The molecule has 0 aromatic rings. The first-order chi connectivity index (χ1) is 10.3. The highest BCUT2D eigenvalue weighted by Gasteiger charge is 1.97. The first kappa shape index (κ1) is 20.2. The van der Waals surface area contributed by atoms with Crippen molar-refractivity contribution in [3.8, 4) is 0 Å². The van der Waals surface area contributed by atoms with Gasteiger partial charge in [-0.25, -0.2) is 0 Å². The molecule has 122 valence electrons. The molecule has 0 spiro atoms. The van der Waals surface area contributed by atoms with E-state index in [2.05, 4.69) is 26.2 Å². The van der Waals surface area contributed by atoms with E-state index in [9.17, 15) is 0 Å². The Balaban J connectivity index is 3.65. The lowest BCUT2D eigenvalue weighted by molar-refractivity contribution is 0.577. The molecule has 0 atom stereocenters. The molecule has 0 aliphatic rings. The molecule has 0 unspecified atom stereocenters. The summed E-state index contributed by atoms with van der Waals surface area (Å²) in [5.41, 5.74) is 1.64. The van der Waals surface area contributed by atoms with Crippen molar-refractivity contribution in [2.75, 3.05) is 0 Å². The van der Waals surface area contributed by atoms with E-state index >= 15 is 0 Å². The zero-order valence-corrected chi connectivity index (χ0v) is 14.5. The van der Waals surface area contributed by atoms with Crippen LogP contribution in [0.25, 0.3) is 0 Å². The lowest BCUT2D eigenvalue weighted by Crippen LogP contribution is -1.86. The Labute approximate surface area is 134 Å². The minimum atomic E-state index is 1.12. The minimum absolute atomic E-state index is 1.12. The van der Waals surface area contributed by atoms with Crippen LogP contribution in [0.15, 0.2) is 37.0 Å². The fourth-order valence-electron chi connectivity index (χ4n) is 2.67. The van der Waals surface area contributed by atoms with Gasteiger partial charge in [-0.3, -0.25) is 0 Å². The monoisotopic (exact) mass is 290 g/mol. The Morgan fingerprint density at radius 2 is 1.29 bits per heavy atom. The summed E-state index contributed by atoms with van der Waals surface area (Å²) in [6.07, 6.45) is 25.1. The normalized spacial score (nSPS) is 11.6. The zero-order valence-electron chi connectivity index (χ0n) is 14.5. The lowest BCUT2D eigenvalue weighted by atomic mass is 10.0. The van der Waals surface area contributed by atoms with Crippen LogP contribution in [-0.2, 0) is 0 Å². The van der Waals surface area contributed by atoms with Crippen LogP contribution in [0, 0.1) is 0 Å². The Bertz CT molecular complexity index is 259. The number of allylic oxidation sites excluding steroid dienone is 4. The molecule has 21 heavy (non-hydrogen) atoms. The van der Waals surface area contributed by atoms with E-state index in [1.165, 1.54) is 77.0 Å². The predicted octanol–water partition coefficient (Wildman–Crippen LogP) is 7.77. The Hall–Kier alpha value is -0.780. The van der Waals surface area contributed by atoms with Gasteiger partial charge in [-0.15, -0.1) is 13.2 Å². The topological polar surface area (TPSA) is 0 Å². The van der Waals surface area contributed by atoms with Crippen molar-refractivity contribution in [3.05, 3.63) is 37.0 Å². The highest BCUT2D eigenvalue weighted by molar-refractivity contribution is 5.03. The molecule has 0 N–H and O–H groups in total. The van der Waals surface area contributed by atoms with Gasteiger partial charge in [0.05, 0.1) is 0 Å². The van der Waals surface area contributed by atoms with Gasteiger partial charge < -0.3 is 0 Å². The molecule has 0 amide bonds. The standard InChI is InChI=1S/C21H38/c1-4-7-10-11-12-13-14-15-17-20-21(18-9-6-3)19-16-8-5-2/h5-6,20H,2-4,7-19H2,1H3. The third-order valence-corrected chi connectivity index (χ3v) is 4.07. The molecular weight excluding hydrogens is 252 g/mol. The molecule has 0 bridgehead atoms. The molecule has 0 rings (SSSR count). The highest BCUT2D eigenvalue weighted by atomic mass is 14.0. The van der Waals surface area contributed by atoms with E-state index in [1.54, 1.807) is 5.57 Å². The molecule has 0 saturated carbocycles. The van der Waals surface area contributed by atoms with Gasteiger partial charge in [0, 0.05) is 0 Å². The van der Waals surface area contributed by atoms with Crippen LogP contribution >= 0.6 is 0 Å². The van der Waals surface area contributed by atoms with Crippen LogP contribution in [0.1, 0.15) is 96.8 Å². The second kappa shape index (κ2) is 17.3. The SMILES string of the molecule is C=CCCCC(=CCCCCCCCCCC)CCC=C. The molecule has 0 fully saturated rings. The summed E-state index contributed by atoms with van der Waals surface area (Å²) in [5, 5.41) is 0. The molecular formula is C21H38. The molecule has 0 radical (unpaired) electrons. The maximum atomic E-state index is 3.84. The maximum Gasteiger partial charge on any atom is -0.0286 e. The van der Waals surface area contributed by atoms with Crippen LogP contribution in [0.5, 0.6) is 0 Å². The Morgan fingerprint density at radius 3 is 1.90 bits per heavy atom. The highest BCUT2D eigenvalue weighted by Crippen LogP contribution is 2.17. The second-order valence-electron chi connectivity index (χ2n) is 6.13. The summed E-state index contributed by atoms with van der Waals surface area (Å²) in [6, 6.07) is 0. The fourth-order valence-corrected chi connectivity index (χ4v) is 2.67. The number of hydrogen-bond donors (Lipinski definition) is 0. The largest absolute Gasteiger partial charge is 0.103 e. The molecule has 0 aromatic carbocycles. The molecule has 0 aliphatic heterocycles. The van der Waals surface area contributed by atoms with Crippen molar-refractivity contribution < 1.29 is 0 Å². The second-order valence-corrected chi connectivity index (χ2v) is 6.13. The molecule has 0 aromatic heterocycles. The predicted molar refractivity (Wildman–Crippen MR) is 98.8 cm³/mol. The summed E-state index contributed by atoms with van der Waals surface area (Å²) >= 11 is 0. The average Bonchev–Trinajstić information content (AvgIpc) is 2.50. The zero-order chi connectivity index (χ0) is 15.6. The smallest absolute Gasteiger partial charge is 0.0286 e. The van der Waals surface area contributed by atoms with Gasteiger partial charge in [0.1, 0.15) is 0 Å². The molecule has 0 aliphatic carbocycles. The van der Waals surface area contributed by atoms with Gasteiger partial charge in [0.2, 0.25) is 0 Å². The van der Waals surface area contributed by atoms with Crippen LogP contribution in [0.3, 0.4) is 0 Å². The van der Waals surface area contributed by atoms with Crippen molar-refractivity contribution in [2.45, 2.75) is 96.8 Å². The first-order valence-electron chi connectivity index (χ1n) is 9.24. The van der Waals surface area contributed by atoms with Gasteiger partial charge >= 0.3 is 0 Å². The van der Waals surface area contributed by atoms with Crippen molar-refractivity contribution in [2.24, 2.45) is 0 Å². The third kappa shape index (κ3) is 15.4. The minimum Gasteiger partial charge on any atom is -0.103 e. The first-order valence-corrected chi connectivity index (χ1v) is 9.24. The van der Waals surface area contributed by atoms with Crippen molar-refractivity contribution in [1.29, 1.82) is 0 Å². The number of rotatable bonds is 16. The summed E-state index contributed by atoms with van der Waals surface area (Å²) in [4.78, 5) is 0. The van der Waals surface area contributed by atoms with Gasteiger partial charge in [0.15, 0.2) is 0 Å². The van der Waals surface area contributed by atoms with Gasteiger partial charge in [-0.2, -0.15) is 0 Å². The van der Waals surface area contributed by atoms with Crippen LogP contribution in [0.2, 0.25) is 0 Å². The van der Waals surface area contributed by atoms with Crippen LogP contribution in [0.4, 0.5) is 0 Å². The molecule has 0 heterocycles. The van der Waals surface area contributed by atoms with E-state index in [0.717, 1.165) is 12.8 Å². The van der Waals surface area contributed by atoms with E-state index in [4.69, 9.17) is 0 Å². The Kier molecular flexibility index (Phi) is 16.6. The quantitative estimate of drug-likeness (QED) is 0.201. The van der Waals surface area contributed by atoms with E-state index in [1.807, 2.05) is 12.2 Å². The van der Waals surface area contributed by atoms with Gasteiger partial charge in [-0.1, -0.05) is 75.7 Å². The van der Waals surface area contributed by atoms with Crippen molar-refractivity contribution in [3.63, 3.8) is 0 Å². The van der Waals surface area contributed by atoms with Gasteiger partial charge in [-0.05, 0) is 44.9 Å². The van der Waals surface area contributed by atoms with E-state index in [0.29, 0.717) is 0 Å². The van der Waals surface area contributed by atoms with Crippen molar-refractivity contribution >= 4 is 0 Å². The third-order valence-electron chi connectivity index (χ3n) is 4.07. The summed E-state index contributed by atoms with van der Waals surface area (Å²) in [6.45, 7) is 9.93. The van der Waals surface area contributed by atoms with Crippen molar-refractivity contribution in [1.82, 2.24) is 0 Å². The fraction of sp³-hybridized carbons (Fsp3) is 0.714. The summed E-state index contributed by atoms with van der Waals surface area (Å²) in [5.74, 6) is 0. The van der Waals surface area contributed by atoms with E-state index in [-0.39, 0.29) is 0 Å². The van der Waals surface area contributed by atoms with Crippen LogP contribution < -0.4 is 0 Å². The Morgan fingerprint density at radius 1 is 0.667 bits per heavy atom. The maximum absolute atomic E-state index is 3.84. The molecule has 0 saturated heterocycles. The number of unbranched alkanes of at least 4 members (excludes halogenated alkanes) is 9. The van der Waals surface area contributed by atoms with Gasteiger partial charge in [0.25, 0.3) is 0 Å². The summed E-state index contributed by atoms with van der Waals surface area (Å²) in [7, 11) is 0. The average molecular weight is 291 g/mol. The lowest BCUT2D eigenvalue weighted by Gasteiger charge is -2.06. The number of hydrogen-bond acceptors (Lipinski definition) is 0.